The molecule has 0 radical (unpaired) electrons. The number of amides is 1. The van der Waals surface area contributed by atoms with Gasteiger partial charge >= 0.3 is 0 Å². The number of carbonyl (C=O) groups excluding carboxylic acids is 1. The number of aryl methyl sites for hydroxylation is 1. The molecule has 2 aromatic carbocycles. The molecule has 0 aliphatic rings. The van der Waals surface area contributed by atoms with Gasteiger partial charge in [0.2, 0.25) is 0 Å². The Morgan fingerprint density at radius 2 is 1.95 bits per heavy atom. The standard InChI is InChI=1S/C16H17NO2/c1-2-6-12-7-3-4-10-15(12)17-16(19)13-8-5-9-14(18)11-13/h3-5,7-11,18H,2,6H2,1H3,(H,17,19). The molecular formula is C16H17NO2. The number of rotatable bonds is 4. The van der Waals surface area contributed by atoms with Crippen LogP contribution in [0.5, 0.6) is 5.75 Å². The van der Waals surface area contributed by atoms with Gasteiger partial charge < -0.3 is 10.4 Å². The molecule has 0 aliphatic carbocycles. The van der Waals surface area contributed by atoms with Gasteiger partial charge in [0.25, 0.3) is 5.91 Å². The number of hydrogen-bond acceptors (Lipinski definition) is 2. The van der Waals surface area contributed by atoms with E-state index in [1.165, 1.54) is 6.07 Å². The Labute approximate surface area is 112 Å². The highest BCUT2D eigenvalue weighted by Gasteiger charge is 2.08. The van der Waals surface area contributed by atoms with Crippen LogP contribution in [0.3, 0.4) is 0 Å². The van der Waals surface area contributed by atoms with E-state index in [-0.39, 0.29) is 11.7 Å². The van der Waals surface area contributed by atoms with Crippen molar-refractivity contribution in [3.05, 3.63) is 59.7 Å². The fourth-order valence-electron chi connectivity index (χ4n) is 1.97. The Balaban J connectivity index is 2.19. The van der Waals surface area contributed by atoms with E-state index in [0.29, 0.717) is 5.56 Å². The van der Waals surface area contributed by atoms with Crippen molar-refractivity contribution >= 4 is 11.6 Å². The highest BCUT2D eigenvalue weighted by Crippen LogP contribution is 2.19. The molecule has 1 amide bonds. The molecule has 0 atom stereocenters. The van der Waals surface area contributed by atoms with E-state index in [1.54, 1.807) is 18.2 Å². The number of aromatic hydroxyl groups is 1. The van der Waals surface area contributed by atoms with Crippen LogP contribution in [0.25, 0.3) is 0 Å². The van der Waals surface area contributed by atoms with Gasteiger partial charge in [0.05, 0.1) is 0 Å². The maximum atomic E-state index is 12.1. The lowest BCUT2D eigenvalue weighted by Crippen LogP contribution is -2.13. The molecule has 0 spiro atoms. The number of benzene rings is 2. The second-order valence-electron chi connectivity index (χ2n) is 4.41. The summed E-state index contributed by atoms with van der Waals surface area (Å²) in [5.41, 5.74) is 2.41. The van der Waals surface area contributed by atoms with Gasteiger partial charge in [0.15, 0.2) is 0 Å². The van der Waals surface area contributed by atoms with E-state index in [9.17, 15) is 9.90 Å². The average molecular weight is 255 g/mol. The van der Waals surface area contributed by atoms with Gasteiger partial charge in [-0.15, -0.1) is 0 Å². The Kier molecular flexibility index (Phi) is 4.18. The first kappa shape index (κ1) is 13.1. The van der Waals surface area contributed by atoms with Crippen LogP contribution in [-0.4, -0.2) is 11.0 Å². The third kappa shape index (κ3) is 3.35. The lowest BCUT2D eigenvalue weighted by atomic mass is 10.1. The van der Waals surface area contributed by atoms with Crippen molar-refractivity contribution in [2.75, 3.05) is 5.32 Å². The van der Waals surface area contributed by atoms with Gasteiger partial charge in [-0.25, -0.2) is 0 Å². The monoisotopic (exact) mass is 255 g/mol. The third-order valence-corrected chi connectivity index (χ3v) is 2.89. The van der Waals surface area contributed by atoms with Crippen molar-refractivity contribution in [2.45, 2.75) is 19.8 Å². The molecule has 2 aromatic rings. The number of phenols is 1. The SMILES string of the molecule is CCCc1ccccc1NC(=O)c1cccc(O)c1. The molecular weight excluding hydrogens is 238 g/mol. The van der Waals surface area contributed by atoms with Gasteiger partial charge in [0, 0.05) is 11.3 Å². The molecule has 3 nitrogen and oxygen atoms in total. The highest BCUT2D eigenvalue weighted by molar-refractivity contribution is 6.04. The fourth-order valence-corrected chi connectivity index (χ4v) is 1.97. The molecule has 2 rings (SSSR count). The molecule has 0 aromatic heterocycles. The zero-order valence-electron chi connectivity index (χ0n) is 10.9. The summed E-state index contributed by atoms with van der Waals surface area (Å²) in [7, 11) is 0. The van der Waals surface area contributed by atoms with Crippen molar-refractivity contribution < 1.29 is 9.90 Å². The van der Waals surface area contributed by atoms with Crippen molar-refractivity contribution in [2.24, 2.45) is 0 Å². The third-order valence-electron chi connectivity index (χ3n) is 2.89. The van der Waals surface area contributed by atoms with Crippen molar-refractivity contribution in [3.8, 4) is 5.75 Å². The van der Waals surface area contributed by atoms with Crippen molar-refractivity contribution in [3.63, 3.8) is 0 Å². The van der Waals surface area contributed by atoms with Gasteiger partial charge in [-0.3, -0.25) is 4.79 Å². The van der Waals surface area contributed by atoms with Crippen LogP contribution < -0.4 is 5.32 Å². The molecule has 2 N–H and O–H groups in total. The van der Waals surface area contributed by atoms with E-state index in [1.807, 2.05) is 24.3 Å². The van der Waals surface area contributed by atoms with E-state index in [0.717, 1.165) is 24.1 Å². The first-order valence-corrected chi connectivity index (χ1v) is 6.39. The van der Waals surface area contributed by atoms with Crippen LogP contribution in [0.1, 0.15) is 29.3 Å². The van der Waals surface area contributed by atoms with Crippen LogP contribution in [-0.2, 0) is 6.42 Å². The Morgan fingerprint density at radius 1 is 1.16 bits per heavy atom. The largest absolute Gasteiger partial charge is 0.508 e. The summed E-state index contributed by atoms with van der Waals surface area (Å²) in [6.07, 6.45) is 1.95. The molecule has 0 saturated heterocycles. The second-order valence-corrected chi connectivity index (χ2v) is 4.41. The molecule has 0 fully saturated rings. The van der Waals surface area contributed by atoms with Crippen LogP contribution >= 0.6 is 0 Å². The summed E-state index contributed by atoms with van der Waals surface area (Å²) in [6, 6.07) is 14.1. The van der Waals surface area contributed by atoms with Crippen LogP contribution in [0, 0.1) is 0 Å². The van der Waals surface area contributed by atoms with Gasteiger partial charge in [-0.05, 0) is 36.2 Å². The first-order valence-electron chi connectivity index (χ1n) is 6.39. The molecule has 0 bridgehead atoms. The quantitative estimate of drug-likeness (QED) is 0.877. The number of anilines is 1. The van der Waals surface area contributed by atoms with Crippen LogP contribution in [0.15, 0.2) is 48.5 Å². The molecule has 0 aliphatic heterocycles. The summed E-state index contributed by atoms with van der Waals surface area (Å²) in [6.45, 7) is 2.10. The van der Waals surface area contributed by atoms with Crippen molar-refractivity contribution in [1.82, 2.24) is 0 Å². The molecule has 3 heteroatoms. The predicted octanol–water partition coefficient (Wildman–Crippen LogP) is 3.60. The second kappa shape index (κ2) is 6.05. The summed E-state index contributed by atoms with van der Waals surface area (Å²) in [5, 5.41) is 12.3. The zero-order chi connectivity index (χ0) is 13.7. The maximum absolute atomic E-state index is 12.1. The predicted molar refractivity (Wildman–Crippen MR) is 76.5 cm³/mol. The zero-order valence-corrected chi connectivity index (χ0v) is 10.9. The topological polar surface area (TPSA) is 49.3 Å². The number of nitrogens with one attached hydrogen (secondary N) is 1. The normalized spacial score (nSPS) is 10.2. The van der Waals surface area contributed by atoms with Crippen LogP contribution in [0.4, 0.5) is 5.69 Å². The number of carbonyl (C=O) groups is 1. The molecule has 19 heavy (non-hydrogen) atoms. The minimum absolute atomic E-state index is 0.0921. The number of hydrogen-bond donors (Lipinski definition) is 2. The molecule has 98 valence electrons. The minimum Gasteiger partial charge on any atom is -0.508 e. The Bertz CT molecular complexity index is 578. The maximum Gasteiger partial charge on any atom is 0.255 e. The summed E-state index contributed by atoms with van der Waals surface area (Å²) in [5.74, 6) is -0.117. The molecule has 0 heterocycles. The van der Waals surface area contributed by atoms with Crippen molar-refractivity contribution in [1.29, 1.82) is 0 Å². The first-order chi connectivity index (χ1) is 9.20. The van der Waals surface area contributed by atoms with E-state index >= 15 is 0 Å². The van der Waals surface area contributed by atoms with Gasteiger partial charge in [-0.2, -0.15) is 0 Å². The van der Waals surface area contributed by atoms with Gasteiger partial charge in [-0.1, -0.05) is 37.6 Å². The minimum atomic E-state index is -0.209. The molecule has 0 saturated carbocycles. The molecule has 0 unspecified atom stereocenters. The van der Waals surface area contributed by atoms with Gasteiger partial charge in [0.1, 0.15) is 5.75 Å². The average Bonchev–Trinajstić information content (AvgIpc) is 2.41. The summed E-state index contributed by atoms with van der Waals surface area (Å²) < 4.78 is 0. The lowest BCUT2D eigenvalue weighted by molar-refractivity contribution is 0.102. The Morgan fingerprint density at radius 3 is 2.68 bits per heavy atom. The number of para-hydroxylation sites is 1. The lowest BCUT2D eigenvalue weighted by Gasteiger charge is -2.10. The van der Waals surface area contributed by atoms with E-state index in [2.05, 4.69) is 12.2 Å². The van der Waals surface area contributed by atoms with Crippen LogP contribution in [0.2, 0.25) is 0 Å². The summed E-state index contributed by atoms with van der Waals surface area (Å²) in [4.78, 5) is 12.1. The smallest absolute Gasteiger partial charge is 0.255 e. The number of phenolic OH excluding ortho intramolecular Hbond substituents is 1. The highest BCUT2D eigenvalue weighted by atomic mass is 16.3. The fraction of sp³-hybridized carbons (Fsp3) is 0.188. The van der Waals surface area contributed by atoms with E-state index in [4.69, 9.17) is 0 Å². The summed E-state index contributed by atoms with van der Waals surface area (Å²) >= 11 is 0. The van der Waals surface area contributed by atoms with E-state index < -0.39 is 0 Å². The Hall–Kier alpha value is -2.29.